The quantitative estimate of drug-likeness (QED) is 0.936. The molecule has 3 rings (SSSR count). The van der Waals surface area contributed by atoms with Crippen molar-refractivity contribution in [1.82, 2.24) is 14.5 Å². The molecule has 0 radical (unpaired) electrons. The Hall–Kier alpha value is -1.81. The first-order valence-electron chi connectivity index (χ1n) is 7.86. The molecule has 4 heteroatoms. The Labute approximate surface area is 126 Å². The number of benzene rings is 1. The van der Waals surface area contributed by atoms with Gasteiger partial charge in [0.1, 0.15) is 0 Å². The third-order valence-electron chi connectivity index (χ3n) is 4.15. The molecule has 0 aliphatic carbocycles. The van der Waals surface area contributed by atoms with Crippen LogP contribution in [0.25, 0.3) is 5.69 Å². The van der Waals surface area contributed by atoms with Gasteiger partial charge in [-0.1, -0.05) is 25.1 Å². The fraction of sp³-hybridized carbons (Fsp3) is 0.471. The highest BCUT2D eigenvalue weighted by molar-refractivity contribution is 5.43. The molecule has 1 aromatic heterocycles. The standard InChI is InChI=1S/C17H24N4/c1-3-20-11-7-8-15(13-20)19-17-18-14(2)12-21(17)16-9-5-4-6-10-16/h4-6,9-10,12,15H,3,7-8,11,13H2,1-2H3,(H,18,19). The van der Waals surface area contributed by atoms with E-state index in [4.69, 9.17) is 0 Å². The molecule has 112 valence electrons. The number of piperidine rings is 1. The van der Waals surface area contributed by atoms with Gasteiger partial charge in [0.05, 0.1) is 5.69 Å². The summed E-state index contributed by atoms with van der Waals surface area (Å²) in [5.74, 6) is 0.960. The van der Waals surface area contributed by atoms with E-state index in [1.165, 1.54) is 19.4 Å². The number of aryl methyl sites for hydroxylation is 1. The highest BCUT2D eigenvalue weighted by Gasteiger charge is 2.20. The van der Waals surface area contributed by atoms with Gasteiger partial charge >= 0.3 is 0 Å². The van der Waals surface area contributed by atoms with Crippen molar-refractivity contribution in [3.8, 4) is 5.69 Å². The number of para-hydroxylation sites is 1. The third kappa shape index (κ3) is 3.27. The Morgan fingerprint density at radius 2 is 2.10 bits per heavy atom. The van der Waals surface area contributed by atoms with E-state index < -0.39 is 0 Å². The molecule has 0 bridgehead atoms. The van der Waals surface area contributed by atoms with E-state index in [1.54, 1.807) is 0 Å². The van der Waals surface area contributed by atoms with E-state index in [9.17, 15) is 0 Å². The first-order valence-corrected chi connectivity index (χ1v) is 7.86. The topological polar surface area (TPSA) is 33.1 Å². The number of likely N-dealkylation sites (N-methyl/N-ethyl adjacent to an activating group) is 1. The van der Waals surface area contributed by atoms with Crippen molar-refractivity contribution < 1.29 is 0 Å². The van der Waals surface area contributed by atoms with Crippen LogP contribution in [0.15, 0.2) is 36.5 Å². The van der Waals surface area contributed by atoms with Crippen LogP contribution in [0.4, 0.5) is 5.95 Å². The number of nitrogens with zero attached hydrogens (tertiary/aromatic N) is 3. The first kappa shape index (κ1) is 14.1. The molecule has 2 heterocycles. The van der Waals surface area contributed by atoms with Crippen LogP contribution in [-0.4, -0.2) is 40.1 Å². The molecule has 1 aliphatic rings. The van der Waals surface area contributed by atoms with Crippen LogP contribution in [0, 0.1) is 6.92 Å². The lowest BCUT2D eigenvalue weighted by molar-refractivity contribution is 0.226. The molecule has 1 saturated heterocycles. The summed E-state index contributed by atoms with van der Waals surface area (Å²) >= 11 is 0. The van der Waals surface area contributed by atoms with Gasteiger partial charge in [-0.15, -0.1) is 0 Å². The zero-order valence-corrected chi connectivity index (χ0v) is 12.9. The van der Waals surface area contributed by atoms with E-state index in [-0.39, 0.29) is 0 Å². The SMILES string of the molecule is CCN1CCCC(Nc2nc(C)cn2-c2ccccc2)C1. The molecule has 1 fully saturated rings. The van der Waals surface area contributed by atoms with Gasteiger partial charge < -0.3 is 10.2 Å². The highest BCUT2D eigenvalue weighted by atomic mass is 15.2. The smallest absolute Gasteiger partial charge is 0.208 e. The van der Waals surface area contributed by atoms with E-state index in [0.29, 0.717) is 6.04 Å². The second-order valence-corrected chi connectivity index (χ2v) is 5.79. The lowest BCUT2D eigenvalue weighted by Gasteiger charge is -2.32. The Bertz CT molecular complexity index is 576. The lowest BCUT2D eigenvalue weighted by Crippen LogP contribution is -2.42. The number of aromatic nitrogens is 2. The summed E-state index contributed by atoms with van der Waals surface area (Å²) in [4.78, 5) is 7.17. The minimum Gasteiger partial charge on any atom is -0.351 e. The maximum Gasteiger partial charge on any atom is 0.208 e. The molecule has 21 heavy (non-hydrogen) atoms. The summed E-state index contributed by atoms with van der Waals surface area (Å²) in [5, 5.41) is 3.64. The van der Waals surface area contributed by atoms with Crippen LogP contribution in [0.5, 0.6) is 0 Å². The maximum atomic E-state index is 4.67. The van der Waals surface area contributed by atoms with Crippen LogP contribution in [0.1, 0.15) is 25.5 Å². The van der Waals surface area contributed by atoms with Gasteiger partial charge in [-0.05, 0) is 45.0 Å². The zero-order chi connectivity index (χ0) is 14.7. The van der Waals surface area contributed by atoms with Gasteiger partial charge in [0.2, 0.25) is 5.95 Å². The minimum absolute atomic E-state index is 0.489. The van der Waals surface area contributed by atoms with Crippen molar-refractivity contribution in [3.05, 3.63) is 42.2 Å². The van der Waals surface area contributed by atoms with Crippen molar-refractivity contribution in [2.75, 3.05) is 25.0 Å². The largest absolute Gasteiger partial charge is 0.351 e. The van der Waals surface area contributed by atoms with Crippen molar-refractivity contribution in [2.24, 2.45) is 0 Å². The minimum atomic E-state index is 0.489. The molecule has 1 N–H and O–H groups in total. The van der Waals surface area contributed by atoms with Crippen LogP contribution in [-0.2, 0) is 0 Å². The number of likely N-dealkylation sites (tertiary alicyclic amines) is 1. The average molecular weight is 284 g/mol. The summed E-state index contributed by atoms with van der Waals surface area (Å²) < 4.78 is 2.15. The summed E-state index contributed by atoms with van der Waals surface area (Å²) in [6.07, 6.45) is 4.58. The molecule has 0 spiro atoms. The molecule has 1 aromatic carbocycles. The van der Waals surface area contributed by atoms with Gasteiger partial charge in [0, 0.05) is 24.5 Å². The van der Waals surface area contributed by atoms with Gasteiger partial charge in [-0.25, -0.2) is 4.98 Å². The summed E-state index contributed by atoms with van der Waals surface area (Å²) in [5.41, 5.74) is 2.20. The fourth-order valence-corrected chi connectivity index (χ4v) is 3.03. The average Bonchev–Trinajstić information content (AvgIpc) is 2.89. The van der Waals surface area contributed by atoms with E-state index in [2.05, 4.69) is 57.2 Å². The second kappa shape index (κ2) is 6.31. The van der Waals surface area contributed by atoms with Gasteiger partial charge in [-0.3, -0.25) is 4.57 Å². The van der Waals surface area contributed by atoms with Gasteiger partial charge in [0.25, 0.3) is 0 Å². The zero-order valence-electron chi connectivity index (χ0n) is 12.9. The molecule has 2 aromatic rings. The number of rotatable bonds is 4. The van der Waals surface area contributed by atoms with Crippen LogP contribution < -0.4 is 5.32 Å². The highest BCUT2D eigenvalue weighted by Crippen LogP contribution is 2.19. The third-order valence-corrected chi connectivity index (χ3v) is 4.15. The van der Waals surface area contributed by atoms with Gasteiger partial charge in [0.15, 0.2) is 0 Å². The first-order chi connectivity index (χ1) is 10.3. The van der Waals surface area contributed by atoms with Crippen LogP contribution in [0.2, 0.25) is 0 Å². The monoisotopic (exact) mass is 284 g/mol. The summed E-state index contributed by atoms with van der Waals surface area (Å²) in [6, 6.07) is 10.9. The van der Waals surface area contributed by atoms with Crippen molar-refractivity contribution in [2.45, 2.75) is 32.7 Å². The summed E-state index contributed by atoms with van der Waals surface area (Å²) in [7, 11) is 0. The predicted molar refractivity (Wildman–Crippen MR) is 87.1 cm³/mol. The Morgan fingerprint density at radius 3 is 2.86 bits per heavy atom. The molecular weight excluding hydrogens is 260 g/mol. The van der Waals surface area contributed by atoms with Gasteiger partial charge in [-0.2, -0.15) is 0 Å². The molecule has 1 atom stereocenters. The second-order valence-electron chi connectivity index (χ2n) is 5.79. The van der Waals surface area contributed by atoms with E-state index >= 15 is 0 Å². The molecule has 0 amide bonds. The molecule has 0 saturated carbocycles. The fourth-order valence-electron chi connectivity index (χ4n) is 3.03. The van der Waals surface area contributed by atoms with Crippen molar-refractivity contribution in [3.63, 3.8) is 0 Å². The summed E-state index contributed by atoms with van der Waals surface area (Å²) in [6.45, 7) is 7.74. The van der Waals surface area contributed by atoms with Crippen LogP contribution >= 0.6 is 0 Å². The number of nitrogens with one attached hydrogen (secondary N) is 1. The van der Waals surface area contributed by atoms with Crippen LogP contribution in [0.3, 0.4) is 0 Å². The molecule has 1 aliphatic heterocycles. The maximum absolute atomic E-state index is 4.67. The van der Waals surface area contributed by atoms with E-state index in [1.807, 2.05) is 13.0 Å². The Morgan fingerprint density at radius 1 is 1.29 bits per heavy atom. The number of anilines is 1. The molecule has 4 nitrogen and oxygen atoms in total. The van der Waals surface area contributed by atoms with Crippen molar-refractivity contribution >= 4 is 5.95 Å². The molecule has 1 unspecified atom stereocenters. The predicted octanol–water partition coefficient (Wildman–Crippen LogP) is 3.08. The normalized spacial score (nSPS) is 19.6. The van der Waals surface area contributed by atoms with Crippen molar-refractivity contribution in [1.29, 1.82) is 0 Å². The molecular formula is C17H24N4. The van der Waals surface area contributed by atoms with E-state index in [0.717, 1.165) is 30.4 Å². The number of hydrogen-bond acceptors (Lipinski definition) is 3. The lowest BCUT2D eigenvalue weighted by atomic mass is 10.1. The number of imidazole rings is 1. The Kier molecular flexibility index (Phi) is 4.25. The number of hydrogen-bond donors (Lipinski definition) is 1. The Balaban J connectivity index is 1.79.